The average molecular weight is 753 g/mol. The van der Waals surface area contributed by atoms with Crippen LogP contribution in [0.4, 0.5) is 35.0 Å². The van der Waals surface area contributed by atoms with Crippen molar-refractivity contribution >= 4 is 62.6 Å². The third kappa shape index (κ3) is 6.41. The number of hydrogen-bond donors (Lipinski definition) is 1. The number of nitrogens with zero attached hydrogens (tertiary/aromatic N) is 5. The van der Waals surface area contributed by atoms with Gasteiger partial charge in [0.05, 0.1) is 28.1 Å². The highest BCUT2D eigenvalue weighted by atomic mass is 32.2. The summed E-state index contributed by atoms with van der Waals surface area (Å²) in [4.78, 5) is 45.0. The van der Waals surface area contributed by atoms with E-state index in [0.29, 0.717) is 0 Å². The Balaban J connectivity index is 1.27. The van der Waals surface area contributed by atoms with Gasteiger partial charge >= 0.3 is 11.5 Å². The second-order valence-corrected chi connectivity index (χ2v) is 15.8. The monoisotopic (exact) mass is 752 g/mol. The van der Waals surface area contributed by atoms with E-state index in [1.54, 1.807) is 12.4 Å². The minimum absolute atomic E-state index is 0.0353. The molecule has 5 heterocycles. The number of nitrogens with one attached hydrogen (secondary N) is 1. The molecule has 8 nitrogen and oxygen atoms in total. The number of imide groups is 1. The maximum Gasteiger partial charge on any atom is 0.446 e. The minimum atomic E-state index is -4.47. The Labute approximate surface area is 317 Å². The third-order valence-electron chi connectivity index (χ3n) is 11.7. The molecule has 54 heavy (non-hydrogen) atoms. The summed E-state index contributed by atoms with van der Waals surface area (Å²) in [7, 11) is 0. The quantitative estimate of drug-likeness (QED) is 0.125. The van der Waals surface area contributed by atoms with Gasteiger partial charge in [-0.15, -0.1) is 0 Å². The van der Waals surface area contributed by atoms with E-state index in [-0.39, 0.29) is 22.3 Å². The van der Waals surface area contributed by atoms with Crippen LogP contribution in [0, 0.1) is 0 Å². The van der Waals surface area contributed by atoms with Crippen molar-refractivity contribution in [1.29, 1.82) is 0 Å². The number of carbonyl (C=O) groups excluding carboxylic acids is 2. The zero-order valence-corrected chi connectivity index (χ0v) is 31.2. The Hall–Kier alpha value is -4.84. The van der Waals surface area contributed by atoms with E-state index in [1.165, 1.54) is 37.1 Å². The van der Waals surface area contributed by atoms with Gasteiger partial charge in [-0.3, -0.25) is 14.8 Å². The molecule has 3 aromatic carbocycles. The lowest BCUT2D eigenvalue weighted by molar-refractivity contribution is -0.123. The SMILES string of the molecule is CC(c1ccnc2c(N3CCCCC3)cccc12)C1(C(C)c2ccnc3c(N4CCCCC4)cccc23)NC(=O)N(c2ccc(SC(F)(F)F)cc2)C1=O. The standard InChI is InChI=1S/C42H43F3N6O2S/c1-27(31-19-21-46-37-33(31)11-9-13-35(37)49-23-5-3-6-24-49)41(39(52)51(40(53)48-41)29-15-17-30(18-16-29)54-42(43,44)45)28(2)32-20-22-47-38-34(32)12-10-14-36(38)50-25-7-4-8-26-50/h9-22,27-28H,3-8,23-26H2,1-2H3,(H,48,53). The maximum atomic E-state index is 15.3. The van der Waals surface area contributed by atoms with Crippen LogP contribution in [-0.4, -0.2) is 59.1 Å². The van der Waals surface area contributed by atoms with Crippen molar-refractivity contribution in [3.8, 4) is 0 Å². The summed E-state index contributed by atoms with van der Waals surface area (Å²) in [5.41, 5.74) is -0.244. The predicted octanol–water partition coefficient (Wildman–Crippen LogP) is 9.78. The summed E-state index contributed by atoms with van der Waals surface area (Å²) in [5.74, 6) is -1.60. The Morgan fingerprint density at radius 3 is 1.63 bits per heavy atom. The first-order valence-electron chi connectivity index (χ1n) is 18.8. The highest BCUT2D eigenvalue weighted by molar-refractivity contribution is 8.00. The smallest absolute Gasteiger partial charge is 0.370 e. The second-order valence-electron chi connectivity index (χ2n) is 14.7. The molecule has 2 aromatic heterocycles. The highest BCUT2D eigenvalue weighted by Crippen LogP contribution is 2.48. The van der Waals surface area contributed by atoms with E-state index < -0.39 is 34.8 Å². The number of piperidine rings is 2. The molecule has 3 amide bonds. The van der Waals surface area contributed by atoms with Gasteiger partial charge in [0, 0.05) is 66.1 Å². The van der Waals surface area contributed by atoms with Crippen LogP contribution in [0.2, 0.25) is 0 Å². The minimum Gasteiger partial charge on any atom is -0.370 e. The molecule has 3 fully saturated rings. The predicted molar refractivity (Wildman–Crippen MR) is 210 cm³/mol. The number of urea groups is 1. The van der Waals surface area contributed by atoms with E-state index in [4.69, 9.17) is 9.97 Å². The van der Waals surface area contributed by atoms with E-state index in [2.05, 4.69) is 27.2 Å². The van der Waals surface area contributed by atoms with E-state index in [0.717, 1.165) is 101 Å². The van der Waals surface area contributed by atoms with Crippen LogP contribution >= 0.6 is 11.8 Å². The molecule has 2 atom stereocenters. The van der Waals surface area contributed by atoms with E-state index >= 15 is 4.79 Å². The van der Waals surface area contributed by atoms with Crippen molar-refractivity contribution in [2.75, 3.05) is 40.9 Å². The van der Waals surface area contributed by atoms with Crippen LogP contribution in [-0.2, 0) is 4.79 Å². The molecule has 8 rings (SSSR count). The van der Waals surface area contributed by atoms with E-state index in [1.807, 2.05) is 50.2 Å². The fraction of sp³-hybridized carbons (Fsp3) is 0.381. The van der Waals surface area contributed by atoms with Crippen LogP contribution in [0.1, 0.15) is 75.3 Å². The summed E-state index contributed by atoms with van der Waals surface area (Å²) in [6, 6.07) is 20.9. The lowest BCUT2D eigenvalue weighted by Gasteiger charge is -2.40. The largest absolute Gasteiger partial charge is 0.446 e. The number of aromatic nitrogens is 2. The zero-order valence-electron chi connectivity index (χ0n) is 30.4. The summed E-state index contributed by atoms with van der Waals surface area (Å²) < 4.78 is 39.5. The number of benzene rings is 3. The molecular weight excluding hydrogens is 710 g/mol. The van der Waals surface area contributed by atoms with Crippen LogP contribution in [0.3, 0.4) is 0 Å². The number of thioether (sulfide) groups is 1. The second kappa shape index (κ2) is 14.4. The first kappa shape index (κ1) is 36.2. The van der Waals surface area contributed by atoms with Crippen LogP contribution in [0.5, 0.6) is 0 Å². The summed E-state index contributed by atoms with van der Waals surface area (Å²) in [5, 5.41) is 5.00. The molecule has 3 aliphatic heterocycles. The van der Waals surface area contributed by atoms with Crippen molar-refractivity contribution in [3.63, 3.8) is 0 Å². The fourth-order valence-corrected chi connectivity index (χ4v) is 9.49. The summed E-state index contributed by atoms with van der Waals surface area (Å²) >= 11 is -0.240. The number of anilines is 3. The van der Waals surface area contributed by atoms with Crippen molar-refractivity contribution in [3.05, 3.63) is 96.3 Å². The lowest BCUT2D eigenvalue weighted by Crippen LogP contribution is -2.55. The highest BCUT2D eigenvalue weighted by Gasteiger charge is 2.59. The van der Waals surface area contributed by atoms with Crippen LogP contribution < -0.4 is 20.0 Å². The van der Waals surface area contributed by atoms with Gasteiger partial charge in [-0.1, -0.05) is 38.1 Å². The van der Waals surface area contributed by atoms with Gasteiger partial charge in [-0.2, -0.15) is 13.2 Å². The number of halogens is 3. The van der Waals surface area contributed by atoms with Crippen molar-refractivity contribution in [2.24, 2.45) is 0 Å². The molecule has 1 N–H and O–H groups in total. The molecule has 0 spiro atoms. The molecule has 12 heteroatoms. The van der Waals surface area contributed by atoms with Crippen molar-refractivity contribution in [2.45, 2.75) is 80.2 Å². The van der Waals surface area contributed by atoms with Gasteiger partial charge in [-0.05, 0) is 110 Å². The zero-order chi connectivity index (χ0) is 37.6. The number of hydrogen-bond acceptors (Lipinski definition) is 7. The Morgan fingerprint density at radius 2 is 1.17 bits per heavy atom. The maximum absolute atomic E-state index is 15.3. The Kier molecular flexibility index (Phi) is 9.66. The first-order valence-corrected chi connectivity index (χ1v) is 19.7. The number of fused-ring (bicyclic) bond motifs is 2. The van der Waals surface area contributed by atoms with E-state index in [9.17, 15) is 18.0 Å². The normalized spacial score (nSPS) is 20.8. The molecular formula is C42H43F3N6O2S. The van der Waals surface area contributed by atoms with Crippen LogP contribution in [0.25, 0.3) is 21.8 Å². The van der Waals surface area contributed by atoms with Gasteiger partial charge in [-0.25, -0.2) is 9.69 Å². The number of pyridine rings is 2. The summed E-state index contributed by atoms with van der Waals surface area (Å²) in [6.07, 6.45) is 10.4. The molecule has 0 aliphatic carbocycles. The lowest BCUT2D eigenvalue weighted by atomic mass is 9.68. The van der Waals surface area contributed by atoms with Gasteiger partial charge in [0.1, 0.15) is 5.54 Å². The molecule has 3 saturated heterocycles. The van der Waals surface area contributed by atoms with Crippen molar-refractivity contribution < 1.29 is 22.8 Å². The first-order chi connectivity index (χ1) is 26.1. The molecule has 2 unspecified atom stereocenters. The van der Waals surface area contributed by atoms with Gasteiger partial charge < -0.3 is 15.1 Å². The van der Waals surface area contributed by atoms with Crippen LogP contribution in [0.15, 0.2) is 90.1 Å². The van der Waals surface area contributed by atoms with Crippen molar-refractivity contribution in [1.82, 2.24) is 15.3 Å². The molecule has 0 radical (unpaired) electrons. The van der Waals surface area contributed by atoms with Gasteiger partial charge in [0.2, 0.25) is 0 Å². The Morgan fingerprint density at radius 1 is 0.685 bits per heavy atom. The van der Waals surface area contributed by atoms with Gasteiger partial charge in [0.25, 0.3) is 5.91 Å². The summed E-state index contributed by atoms with van der Waals surface area (Å²) in [6.45, 7) is 7.73. The number of amides is 3. The number of carbonyl (C=O) groups is 2. The molecule has 0 bridgehead atoms. The fourth-order valence-electron chi connectivity index (χ4n) is 8.95. The number of alkyl halides is 3. The molecule has 280 valence electrons. The topological polar surface area (TPSA) is 81.7 Å². The third-order valence-corrected chi connectivity index (χ3v) is 12.4. The molecule has 0 saturated carbocycles. The number of para-hydroxylation sites is 2. The average Bonchev–Trinajstić information content (AvgIpc) is 3.46. The Bertz CT molecular complexity index is 2090. The molecule has 5 aromatic rings. The number of rotatable bonds is 8. The molecule has 3 aliphatic rings. The van der Waals surface area contributed by atoms with Gasteiger partial charge in [0.15, 0.2) is 0 Å².